The quantitative estimate of drug-likeness (QED) is 0.613. The van der Waals surface area contributed by atoms with E-state index in [-0.39, 0.29) is 29.8 Å². The number of phenolic OH excluding ortho intramolecular Hbond substituents is 1. The number of aliphatic hydroxyl groups excluding tert-OH is 1. The maximum atomic E-state index is 11.3. The summed E-state index contributed by atoms with van der Waals surface area (Å²) in [5.74, 6) is 0.426. The summed E-state index contributed by atoms with van der Waals surface area (Å²) < 4.78 is 5.59. The highest BCUT2D eigenvalue weighted by Crippen LogP contribution is 2.35. The lowest BCUT2D eigenvalue weighted by Crippen LogP contribution is -2.08. The molecule has 0 saturated heterocycles. The molecule has 0 fully saturated rings. The Hall–Kier alpha value is -1.81. The molecular formula is C13H14O4. The number of rotatable bonds is 3. The van der Waals surface area contributed by atoms with Crippen LogP contribution in [-0.2, 0) is 6.42 Å². The zero-order valence-corrected chi connectivity index (χ0v) is 9.51. The van der Waals surface area contributed by atoms with E-state index in [1.54, 1.807) is 24.3 Å². The molecule has 90 valence electrons. The van der Waals surface area contributed by atoms with E-state index in [0.717, 1.165) is 5.56 Å². The van der Waals surface area contributed by atoms with Crippen molar-refractivity contribution >= 4 is 5.78 Å². The number of aliphatic hydroxyl groups is 1. The Labute approximate surface area is 99.2 Å². The first-order chi connectivity index (χ1) is 8.11. The average molecular weight is 234 g/mol. The standard InChI is InChI=1S/C13H14O4/c1-8(15)11-7-13-9(6-12(11)16)5-10(17-13)3-2-4-14/h2-3,6-7,10,14,16H,4-5H2,1H3/b3-2+. The van der Waals surface area contributed by atoms with E-state index in [2.05, 4.69) is 0 Å². The van der Waals surface area contributed by atoms with Gasteiger partial charge in [0.05, 0.1) is 12.2 Å². The summed E-state index contributed by atoms with van der Waals surface area (Å²) in [5, 5.41) is 18.4. The Morgan fingerprint density at radius 3 is 3.00 bits per heavy atom. The minimum absolute atomic E-state index is 0.00774. The van der Waals surface area contributed by atoms with Gasteiger partial charge in [0, 0.05) is 12.0 Å². The Morgan fingerprint density at radius 2 is 2.35 bits per heavy atom. The third-order valence-electron chi connectivity index (χ3n) is 2.71. The average Bonchev–Trinajstić information content (AvgIpc) is 2.66. The summed E-state index contributed by atoms with van der Waals surface area (Å²) in [6.45, 7) is 1.37. The SMILES string of the molecule is CC(=O)c1cc2c(cc1O)CC(/C=C/CO)O2. The van der Waals surface area contributed by atoms with Crippen molar-refractivity contribution in [3.63, 3.8) is 0 Å². The fourth-order valence-corrected chi connectivity index (χ4v) is 1.90. The lowest BCUT2D eigenvalue weighted by atomic mass is 10.0. The Morgan fingerprint density at radius 1 is 1.59 bits per heavy atom. The molecule has 1 unspecified atom stereocenters. The molecule has 0 spiro atoms. The van der Waals surface area contributed by atoms with Crippen LogP contribution < -0.4 is 4.74 Å². The number of hydrogen-bond acceptors (Lipinski definition) is 4. The van der Waals surface area contributed by atoms with E-state index in [1.165, 1.54) is 6.92 Å². The highest BCUT2D eigenvalue weighted by molar-refractivity contribution is 5.97. The van der Waals surface area contributed by atoms with Gasteiger partial charge in [-0.3, -0.25) is 4.79 Å². The monoisotopic (exact) mass is 234 g/mol. The summed E-state index contributed by atoms with van der Waals surface area (Å²) in [4.78, 5) is 11.3. The fraction of sp³-hybridized carbons (Fsp3) is 0.308. The highest BCUT2D eigenvalue weighted by Gasteiger charge is 2.23. The van der Waals surface area contributed by atoms with Gasteiger partial charge < -0.3 is 14.9 Å². The molecule has 2 rings (SSSR count). The van der Waals surface area contributed by atoms with Gasteiger partial charge in [-0.15, -0.1) is 0 Å². The first-order valence-electron chi connectivity index (χ1n) is 5.43. The number of carbonyl (C=O) groups is 1. The van der Waals surface area contributed by atoms with Crippen molar-refractivity contribution in [1.82, 2.24) is 0 Å². The van der Waals surface area contributed by atoms with Crippen LogP contribution in [0.25, 0.3) is 0 Å². The number of fused-ring (bicyclic) bond motifs is 1. The lowest BCUT2D eigenvalue weighted by Gasteiger charge is -2.06. The Balaban J connectivity index is 2.27. The first kappa shape index (κ1) is 11.7. The molecule has 4 heteroatoms. The predicted octanol–water partition coefficient (Wildman–Crippen LogP) is 1.45. The summed E-state index contributed by atoms with van der Waals surface area (Å²) in [6.07, 6.45) is 3.88. The van der Waals surface area contributed by atoms with Crippen molar-refractivity contribution in [2.24, 2.45) is 0 Å². The second-order valence-electron chi connectivity index (χ2n) is 4.00. The number of Topliss-reactive ketones (excluding diaryl/α,β-unsaturated/α-hetero) is 1. The summed E-state index contributed by atoms with van der Waals surface area (Å²) >= 11 is 0. The van der Waals surface area contributed by atoms with Gasteiger partial charge in [-0.2, -0.15) is 0 Å². The molecule has 1 heterocycles. The molecule has 1 aromatic carbocycles. The van der Waals surface area contributed by atoms with Crippen LogP contribution >= 0.6 is 0 Å². The molecule has 1 aliphatic heterocycles. The van der Waals surface area contributed by atoms with Crippen molar-refractivity contribution in [2.45, 2.75) is 19.4 Å². The minimum Gasteiger partial charge on any atom is -0.507 e. The van der Waals surface area contributed by atoms with Gasteiger partial charge in [0.25, 0.3) is 0 Å². The number of benzene rings is 1. The van der Waals surface area contributed by atoms with E-state index in [1.807, 2.05) is 0 Å². The Bertz CT molecular complexity index is 477. The van der Waals surface area contributed by atoms with E-state index < -0.39 is 0 Å². The number of carbonyl (C=O) groups excluding carboxylic acids is 1. The van der Waals surface area contributed by atoms with Crippen molar-refractivity contribution in [2.75, 3.05) is 6.61 Å². The molecule has 2 N–H and O–H groups in total. The zero-order chi connectivity index (χ0) is 12.4. The van der Waals surface area contributed by atoms with Crippen LogP contribution in [0.3, 0.4) is 0 Å². The van der Waals surface area contributed by atoms with Crippen LogP contribution in [0.15, 0.2) is 24.3 Å². The van der Waals surface area contributed by atoms with Gasteiger partial charge in [0.2, 0.25) is 0 Å². The van der Waals surface area contributed by atoms with Gasteiger partial charge in [-0.1, -0.05) is 6.08 Å². The van der Waals surface area contributed by atoms with Gasteiger partial charge in [-0.05, 0) is 25.1 Å². The van der Waals surface area contributed by atoms with Crippen LogP contribution in [-0.4, -0.2) is 28.7 Å². The molecule has 0 saturated carbocycles. The largest absolute Gasteiger partial charge is 0.507 e. The van der Waals surface area contributed by atoms with Crippen LogP contribution in [0.5, 0.6) is 11.5 Å². The van der Waals surface area contributed by atoms with Crippen molar-refractivity contribution in [1.29, 1.82) is 0 Å². The van der Waals surface area contributed by atoms with Crippen molar-refractivity contribution < 1.29 is 19.7 Å². The van der Waals surface area contributed by atoms with Crippen LogP contribution in [0.2, 0.25) is 0 Å². The molecule has 1 atom stereocenters. The summed E-state index contributed by atoms with van der Waals surface area (Å²) in [5.41, 5.74) is 1.15. The van der Waals surface area contributed by atoms with Gasteiger partial charge >= 0.3 is 0 Å². The number of ketones is 1. The number of hydrogen-bond donors (Lipinski definition) is 2. The van der Waals surface area contributed by atoms with Gasteiger partial charge in [0.15, 0.2) is 5.78 Å². The second-order valence-corrected chi connectivity index (χ2v) is 4.00. The summed E-state index contributed by atoms with van der Waals surface area (Å²) in [6, 6.07) is 3.14. The molecule has 0 amide bonds. The topological polar surface area (TPSA) is 66.8 Å². The van der Waals surface area contributed by atoms with E-state index in [4.69, 9.17) is 9.84 Å². The lowest BCUT2D eigenvalue weighted by molar-refractivity contribution is 0.101. The maximum absolute atomic E-state index is 11.3. The van der Waals surface area contributed by atoms with Crippen LogP contribution in [0.4, 0.5) is 0 Å². The predicted molar refractivity (Wildman–Crippen MR) is 62.5 cm³/mol. The molecule has 1 aliphatic rings. The molecule has 0 bridgehead atoms. The first-order valence-corrected chi connectivity index (χ1v) is 5.43. The molecule has 1 aromatic rings. The molecule has 17 heavy (non-hydrogen) atoms. The third-order valence-corrected chi connectivity index (χ3v) is 2.71. The molecule has 0 aromatic heterocycles. The number of aromatic hydroxyl groups is 1. The second kappa shape index (κ2) is 4.59. The van der Waals surface area contributed by atoms with Crippen molar-refractivity contribution in [3.8, 4) is 11.5 Å². The number of phenols is 1. The third kappa shape index (κ3) is 2.31. The molecule has 4 nitrogen and oxygen atoms in total. The molecule has 0 radical (unpaired) electrons. The molecule has 0 aliphatic carbocycles. The van der Waals surface area contributed by atoms with Crippen molar-refractivity contribution in [3.05, 3.63) is 35.4 Å². The molecular weight excluding hydrogens is 220 g/mol. The van der Waals surface area contributed by atoms with Crippen LogP contribution in [0, 0.1) is 0 Å². The minimum atomic E-state index is -0.191. The smallest absolute Gasteiger partial charge is 0.163 e. The number of ether oxygens (including phenoxy) is 1. The highest BCUT2D eigenvalue weighted by atomic mass is 16.5. The zero-order valence-electron chi connectivity index (χ0n) is 9.51. The Kier molecular flexibility index (Phi) is 3.15. The fourth-order valence-electron chi connectivity index (χ4n) is 1.90. The van der Waals surface area contributed by atoms with Gasteiger partial charge in [0.1, 0.15) is 17.6 Å². The normalized spacial score (nSPS) is 18.1. The van der Waals surface area contributed by atoms with Crippen LogP contribution in [0.1, 0.15) is 22.8 Å². The van der Waals surface area contributed by atoms with E-state index in [9.17, 15) is 9.90 Å². The summed E-state index contributed by atoms with van der Waals surface area (Å²) in [7, 11) is 0. The van der Waals surface area contributed by atoms with E-state index >= 15 is 0 Å². The maximum Gasteiger partial charge on any atom is 0.163 e. The van der Waals surface area contributed by atoms with E-state index in [0.29, 0.717) is 12.2 Å². The van der Waals surface area contributed by atoms with Gasteiger partial charge in [-0.25, -0.2) is 0 Å².